The van der Waals surface area contributed by atoms with E-state index in [4.69, 9.17) is 4.42 Å². The normalized spacial score (nSPS) is 11.9. The fourth-order valence-corrected chi connectivity index (χ4v) is 1.62. The molecule has 0 radical (unpaired) electrons. The fourth-order valence-electron chi connectivity index (χ4n) is 1.62. The van der Waals surface area contributed by atoms with E-state index < -0.39 is 0 Å². The zero-order valence-electron chi connectivity index (χ0n) is 9.73. The van der Waals surface area contributed by atoms with E-state index in [1.54, 1.807) is 6.26 Å². The van der Waals surface area contributed by atoms with Crippen molar-refractivity contribution in [1.29, 1.82) is 0 Å². The van der Waals surface area contributed by atoms with Crippen LogP contribution in [0.25, 0.3) is 17.0 Å². The van der Waals surface area contributed by atoms with Crippen LogP contribution >= 0.6 is 0 Å². The van der Waals surface area contributed by atoms with E-state index in [0.29, 0.717) is 6.04 Å². The van der Waals surface area contributed by atoms with Crippen LogP contribution in [-0.4, -0.2) is 12.6 Å². The van der Waals surface area contributed by atoms with Crippen molar-refractivity contribution in [3.63, 3.8) is 0 Å². The van der Waals surface area contributed by atoms with Crippen molar-refractivity contribution in [3.05, 3.63) is 42.2 Å². The molecule has 0 unspecified atom stereocenters. The Balaban J connectivity index is 2.09. The number of para-hydroxylation sites is 1. The van der Waals surface area contributed by atoms with E-state index >= 15 is 0 Å². The molecule has 0 aliphatic heterocycles. The van der Waals surface area contributed by atoms with Crippen LogP contribution in [0.15, 0.2) is 41.0 Å². The monoisotopic (exact) mass is 215 g/mol. The third-order valence-electron chi connectivity index (χ3n) is 2.45. The Morgan fingerprint density at radius 3 is 2.94 bits per heavy atom. The molecule has 0 bridgehead atoms. The van der Waals surface area contributed by atoms with Gasteiger partial charge in [-0.25, -0.2) is 0 Å². The highest BCUT2D eigenvalue weighted by Gasteiger charge is 2.00. The van der Waals surface area contributed by atoms with E-state index in [2.05, 4.69) is 37.4 Å². The van der Waals surface area contributed by atoms with Gasteiger partial charge in [0.05, 0.1) is 6.26 Å². The summed E-state index contributed by atoms with van der Waals surface area (Å²) in [7, 11) is 0. The van der Waals surface area contributed by atoms with Gasteiger partial charge in [-0.15, -0.1) is 0 Å². The van der Waals surface area contributed by atoms with Gasteiger partial charge in [0.25, 0.3) is 0 Å². The lowest BCUT2D eigenvalue weighted by atomic mass is 10.1. The molecule has 2 nitrogen and oxygen atoms in total. The van der Waals surface area contributed by atoms with Crippen molar-refractivity contribution >= 4 is 17.0 Å². The van der Waals surface area contributed by atoms with Crippen molar-refractivity contribution in [3.8, 4) is 0 Å². The number of benzene rings is 1. The highest BCUT2D eigenvalue weighted by atomic mass is 16.3. The van der Waals surface area contributed by atoms with Crippen LogP contribution in [0.4, 0.5) is 0 Å². The number of furan rings is 1. The predicted molar refractivity (Wildman–Crippen MR) is 68.4 cm³/mol. The third-order valence-corrected chi connectivity index (χ3v) is 2.45. The zero-order valence-corrected chi connectivity index (χ0v) is 9.73. The molecule has 1 N–H and O–H groups in total. The first-order valence-electron chi connectivity index (χ1n) is 5.63. The summed E-state index contributed by atoms with van der Waals surface area (Å²) in [5, 5.41) is 4.51. The second kappa shape index (κ2) is 4.99. The minimum Gasteiger partial charge on any atom is -0.464 e. The van der Waals surface area contributed by atoms with Gasteiger partial charge >= 0.3 is 0 Å². The Kier molecular flexibility index (Phi) is 3.42. The molecular formula is C14H17NO. The first-order chi connectivity index (χ1) is 7.77. The van der Waals surface area contributed by atoms with E-state index in [-0.39, 0.29) is 0 Å². The molecule has 0 saturated carbocycles. The maximum atomic E-state index is 5.46. The maximum Gasteiger partial charge on any atom is 0.134 e. The summed E-state index contributed by atoms with van der Waals surface area (Å²) in [6.07, 6.45) is 6.02. The summed E-state index contributed by atoms with van der Waals surface area (Å²) in [6, 6.07) is 8.60. The summed E-state index contributed by atoms with van der Waals surface area (Å²) in [4.78, 5) is 0. The quantitative estimate of drug-likeness (QED) is 0.845. The lowest BCUT2D eigenvalue weighted by molar-refractivity contribution is 0.615. The topological polar surface area (TPSA) is 25.2 Å². The minimum absolute atomic E-state index is 0.519. The second-order valence-corrected chi connectivity index (χ2v) is 4.15. The fraction of sp³-hybridized carbons (Fsp3) is 0.286. The van der Waals surface area contributed by atoms with Gasteiger partial charge in [-0.05, 0) is 6.07 Å². The van der Waals surface area contributed by atoms with Crippen LogP contribution in [0.2, 0.25) is 0 Å². The Labute approximate surface area is 96.0 Å². The molecule has 1 aromatic carbocycles. The van der Waals surface area contributed by atoms with Gasteiger partial charge in [0.2, 0.25) is 0 Å². The molecule has 0 spiro atoms. The molecular weight excluding hydrogens is 198 g/mol. The highest BCUT2D eigenvalue weighted by Crippen LogP contribution is 2.21. The van der Waals surface area contributed by atoms with E-state index in [1.807, 2.05) is 18.2 Å². The van der Waals surface area contributed by atoms with Crippen LogP contribution in [0, 0.1) is 0 Å². The standard InChI is InChI=1S/C14H17NO/c1-11(2)15-9-5-6-12-10-16-14-8-4-3-7-13(12)14/h3-8,10-11,15H,9H2,1-2H3/b6-5+. The average molecular weight is 215 g/mol. The number of nitrogens with one attached hydrogen (secondary N) is 1. The lowest BCUT2D eigenvalue weighted by Crippen LogP contribution is -2.22. The molecule has 0 aliphatic rings. The van der Waals surface area contributed by atoms with Gasteiger partial charge < -0.3 is 9.73 Å². The third kappa shape index (κ3) is 2.52. The molecule has 2 aromatic rings. The summed E-state index contributed by atoms with van der Waals surface area (Å²) in [5.74, 6) is 0. The van der Waals surface area contributed by atoms with Crippen LogP contribution in [-0.2, 0) is 0 Å². The summed E-state index contributed by atoms with van der Waals surface area (Å²) < 4.78 is 5.46. The van der Waals surface area contributed by atoms with Crippen LogP contribution in [0.1, 0.15) is 19.4 Å². The van der Waals surface area contributed by atoms with Gasteiger partial charge in [-0.1, -0.05) is 44.2 Å². The van der Waals surface area contributed by atoms with Gasteiger partial charge in [-0.3, -0.25) is 0 Å². The van der Waals surface area contributed by atoms with Crippen LogP contribution in [0.5, 0.6) is 0 Å². The summed E-state index contributed by atoms with van der Waals surface area (Å²) >= 11 is 0. The van der Waals surface area contributed by atoms with Crippen molar-refractivity contribution in [1.82, 2.24) is 5.32 Å². The number of hydrogen-bond acceptors (Lipinski definition) is 2. The minimum atomic E-state index is 0.519. The molecule has 0 saturated heterocycles. The van der Waals surface area contributed by atoms with E-state index in [9.17, 15) is 0 Å². The highest BCUT2D eigenvalue weighted by molar-refractivity contribution is 5.86. The smallest absolute Gasteiger partial charge is 0.134 e. The van der Waals surface area contributed by atoms with Crippen molar-refractivity contribution in [2.45, 2.75) is 19.9 Å². The molecule has 84 valence electrons. The van der Waals surface area contributed by atoms with Crippen LogP contribution in [0.3, 0.4) is 0 Å². The Morgan fingerprint density at radius 2 is 2.12 bits per heavy atom. The molecule has 0 amide bonds. The maximum absolute atomic E-state index is 5.46. The molecule has 0 fully saturated rings. The number of rotatable bonds is 4. The number of hydrogen-bond donors (Lipinski definition) is 1. The zero-order chi connectivity index (χ0) is 11.4. The first-order valence-corrected chi connectivity index (χ1v) is 5.63. The van der Waals surface area contributed by atoms with Crippen molar-refractivity contribution in [2.75, 3.05) is 6.54 Å². The largest absolute Gasteiger partial charge is 0.464 e. The molecule has 0 aliphatic carbocycles. The molecule has 0 atom stereocenters. The van der Waals surface area contributed by atoms with E-state index in [1.165, 1.54) is 5.39 Å². The Morgan fingerprint density at radius 1 is 1.31 bits per heavy atom. The van der Waals surface area contributed by atoms with E-state index in [0.717, 1.165) is 17.7 Å². The van der Waals surface area contributed by atoms with Crippen LogP contribution < -0.4 is 5.32 Å². The average Bonchev–Trinajstić information content (AvgIpc) is 2.68. The van der Waals surface area contributed by atoms with Gasteiger partial charge in [-0.2, -0.15) is 0 Å². The SMILES string of the molecule is CC(C)NC/C=C/c1coc2ccccc12. The predicted octanol–water partition coefficient (Wildman–Crippen LogP) is 3.44. The van der Waals surface area contributed by atoms with Gasteiger partial charge in [0.15, 0.2) is 0 Å². The first kappa shape index (κ1) is 11.0. The Hall–Kier alpha value is -1.54. The molecule has 2 rings (SSSR count). The van der Waals surface area contributed by atoms with Gasteiger partial charge in [0, 0.05) is 23.5 Å². The second-order valence-electron chi connectivity index (χ2n) is 4.15. The van der Waals surface area contributed by atoms with Gasteiger partial charge in [0.1, 0.15) is 5.58 Å². The number of fused-ring (bicyclic) bond motifs is 1. The molecule has 1 heterocycles. The van der Waals surface area contributed by atoms with Crippen molar-refractivity contribution in [2.24, 2.45) is 0 Å². The molecule has 2 heteroatoms. The molecule has 1 aromatic heterocycles. The summed E-state index contributed by atoms with van der Waals surface area (Å²) in [6.45, 7) is 5.17. The molecule has 16 heavy (non-hydrogen) atoms. The van der Waals surface area contributed by atoms with Crippen molar-refractivity contribution < 1.29 is 4.42 Å². The Bertz CT molecular complexity index is 482. The summed E-state index contributed by atoms with van der Waals surface area (Å²) in [5.41, 5.74) is 2.08. The lowest BCUT2D eigenvalue weighted by Gasteiger charge is -2.02.